The lowest BCUT2D eigenvalue weighted by Crippen LogP contribution is -2.35. The molecule has 0 bridgehead atoms. The molecular formula is C17H27N3O2. The predicted molar refractivity (Wildman–Crippen MR) is 90.3 cm³/mol. The number of likely N-dealkylation sites (N-methyl/N-ethyl adjacent to an activating group) is 1. The largest absolute Gasteiger partial charge is 0.395 e. The number of piperidine rings is 1. The monoisotopic (exact) mass is 305 g/mol. The number of hydrogen-bond acceptors (Lipinski definition) is 4. The van der Waals surface area contributed by atoms with Crippen molar-refractivity contribution in [2.75, 3.05) is 49.5 Å². The van der Waals surface area contributed by atoms with Gasteiger partial charge in [-0.2, -0.15) is 0 Å². The van der Waals surface area contributed by atoms with Crippen LogP contribution < -0.4 is 10.2 Å². The van der Waals surface area contributed by atoms with Crippen molar-refractivity contribution in [1.82, 2.24) is 4.90 Å². The number of amides is 1. The van der Waals surface area contributed by atoms with Crippen LogP contribution in [0.15, 0.2) is 24.3 Å². The van der Waals surface area contributed by atoms with Gasteiger partial charge >= 0.3 is 0 Å². The van der Waals surface area contributed by atoms with E-state index in [9.17, 15) is 4.79 Å². The lowest BCUT2D eigenvalue weighted by atomic mass is 10.1. The summed E-state index contributed by atoms with van der Waals surface area (Å²) in [6, 6.07) is 8.08. The van der Waals surface area contributed by atoms with Crippen molar-refractivity contribution in [1.29, 1.82) is 0 Å². The van der Waals surface area contributed by atoms with Gasteiger partial charge in [0.1, 0.15) is 0 Å². The number of rotatable bonds is 7. The number of hydrogen-bond donors (Lipinski definition) is 2. The van der Waals surface area contributed by atoms with Crippen molar-refractivity contribution in [2.45, 2.75) is 26.2 Å². The number of benzene rings is 1. The Labute approximate surface area is 132 Å². The molecule has 0 aliphatic carbocycles. The van der Waals surface area contributed by atoms with Gasteiger partial charge in [-0.3, -0.25) is 9.69 Å². The molecule has 1 aliphatic rings. The van der Waals surface area contributed by atoms with Crippen LogP contribution >= 0.6 is 0 Å². The number of nitrogens with one attached hydrogen (secondary N) is 1. The third kappa shape index (κ3) is 5.00. The molecule has 122 valence electrons. The molecule has 1 fully saturated rings. The van der Waals surface area contributed by atoms with Gasteiger partial charge in [0.25, 0.3) is 0 Å². The third-order valence-corrected chi connectivity index (χ3v) is 4.10. The van der Waals surface area contributed by atoms with Crippen molar-refractivity contribution in [2.24, 2.45) is 0 Å². The Balaban J connectivity index is 1.86. The second-order valence-corrected chi connectivity index (χ2v) is 5.74. The minimum Gasteiger partial charge on any atom is -0.395 e. The molecule has 1 heterocycles. The summed E-state index contributed by atoms with van der Waals surface area (Å²) in [5.41, 5.74) is 2.05. The minimum atomic E-state index is -0.0407. The normalized spacial score (nSPS) is 15.1. The van der Waals surface area contributed by atoms with Gasteiger partial charge in [-0.05, 0) is 50.1 Å². The van der Waals surface area contributed by atoms with E-state index >= 15 is 0 Å². The van der Waals surface area contributed by atoms with Crippen LogP contribution in [0.2, 0.25) is 0 Å². The molecule has 0 atom stereocenters. The molecule has 0 saturated carbocycles. The van der Waals surface area contributed by atoms with Crippen molar-refractivity contribution in [3.63, 3.8) is 0 Å². The molecule has 0 spiro atoms. The average molecular weight is 305 g/mol. The maximum Gasteiger partial charge on any atom is 0.238 e. The first kappa shape index (κ1) is 16.8. The topological polar surface area (TPSA) is 55.8 Å². The van der Waals surface area contributed by atoms with E-state index in [4.69, 9.17) is 5.11 Å². The Morgan fingerprint density at radius 3 is 2.50 bits per heavy atom. The van der Waals surface area contributed by atoms with Crippen molar-refractivity contribution in [3.8, 4) is 0 Å². The lowest BCUT2D eigenvalue weighted by molar-refractivity contribution is -0.117. The zero-order valence-corrected chi connectivity index (χ0v) is 13.4. The van der Waals surface area contributed by atoms with Crippen LogP contribution in [0.5, 0.6) is 0 Å². The molecule has 1 amide bonds. The summed E-state index contributed by atoms with van der Waals surface area (Å²) in [7, 11) is 0. The summed E-state index contributed by atoms with van der Waals surface area (Å²) in [6.45, 7) is 5.89. The van der Waals surface area contributed by atoms with Crippen LogP contribution in [0.4, 0.5) is 11.4 Å². The molecule has 1 aliphatic heterocycles. The number of nitrogens with zero attached hydrogens (tertiary/aromatic N) is 2. The summed E-state index contributed by atoms with van der Waals surface area (Å²) in [6.07, 6.45) is 3.85. The number of aliphatic hydroxyl groups excluding tert-OH is 1. The van der Waals surface area contributed by atoms with E-state index in [0.717, 1.165) is 25.3 Å². The zero-order chi connectivity index (χ0) is 15.8. The van der Waals surface area contributed by atoms with Gasteiger partial charge in [0, 0.05) is 31.0 Å². The van der Waals surface area contributed by atoms with Gasteiger partial charge in [0.15, 0.2) is 0 Å². The number of anilines is 2. The maximum atomic E-state index is 12.0. The molecule has 5 heteroatoms. The molecular weight excluding hydrogens is 278 g/mol. The predicted octanol–water partition coefficient (Wildman–Crippen LogP) is 1.93. The Hall–Kier alpha value is -1.59. The van der Waals surface area contributed by atoms with Gasteiger partial charge in [-0.15, -0.1) is 0 Å². The zero-order valence-electron chi connectivity index (χ0n) is 13.4. The molecule has 1 aromatic carbocycles. The summed E-state index contributed by atoms with van der Waals surface area (Å²) in [5.74, 6) is -0.0407. The van der Waals surface area contributed by atoms with Gasteiger partial charge < -0.3 is 15.3 Å². The molecule has 1 aromatic rings. The van der Waals surface area contributed by atoms with Crippen molar-refractivity contribution < 1.29 is 9.90 Å². The Morgan fingerprint density at radius 1 is 1.23 bits per heavy atom. The van der Waals surface area contributed by atoms with Crippen LogP contribution in [0.1, 0.15) is 26.2 Å². The molecule has 0 radical (unpaired) electrons. The highest BCUT2D eigenvalue weighted by molar-refractivity contribution is 5.92. The Kier molecular flexibility index (Phi) is 6.68. The van der Waals surface area contributed by atoms with E-state index in [1.165, 1.54) is 24.9 Å². The lowest BCUT2D eigenvalue weighted by Gasteiger charge is -2.28. The molecule has 2 rings (SSSR count). The van der Waals surface area contributed by atoms with Crippen LogP contribution in [-0.4, -0.2) is 55.2 Å². The van der Waals surface area contributed by atoms with Crippen molar-refractivity contribution >= 4 is 17.3 Å². The molecule has 2 N–H and O–H groups in total. The summed E-state index contributed by atoms with van der Waals surface area (Å²) >= 11 is 0. The van der Waals surface area contributed by atoms with Crippen molar-refractivity contribution in [3.05, 3.63) is 24.3 Å². The van der Waals surface area contributed by atoms with E-state index in [-0.39, 0.29) is 12.5 Å². The maximum absolute atomic E-state index is 12.0. The van der Waals surface area contributed by atoms with E-state index in [2.05, 4.69) is 22.3 Å². The van der Waals surface area contributed by atoms with Crippen LogP contribution in [0.3, 0.4) is 0 Å². The number of carbonyl (C=O) groups excluding carboxylic acids is 1. The molecule has 0 unspecified atom stereocenters. The third-order valence-electron chi connectivity index (χ3n) is 4.10. The van der Waals surface area contributed by atoms with Gasteiger partial charge in [0.2, 0.25) is 5.91 Å². The second-order valence-electron chi connectivity index (χ2n) is 5.74. The Morgan fingerprint density at radius 2 is 1.91 bits per heavy atom. The first-order chi connectivity index (χ1) is 10.7. The molecule has 1 saturated heterocycles. The molecule has 5 nitrogen and oxygen atoms in total. The van der Waals surface area contributed by atoms with E-state index in [1.807, 2.05) is 24.0 Å². The smallest absolute Gasteiger partial charge is 0.238 e. The summed E-state index contributed by atoms with van der Waals surface area (Å²) < 4.78 is 0. The fraction of sp³-hybridized carbons (Fsp3) is 0.588. The van der Waals surface area contributed by atoms with E-state index in [0.29, 0.717) is 13.1 Å². The standard InChI is InChI=1S/C17H27N3O2/c1-2-19(12-13-21)14-17(22)18-15-6-8-16(9-7-15)20-10-4-3-5-11-20/h6-9,21H,2-5,10-14H2,1H3,(H,18,22). The van der Waals surface area contributed by atoms with Gasteiger partial charge in [-0.25, -0.2) is 0 Å². The average Bonchev–Trinajstić information content (AvgIpc) is 2.56. The van der Waals surface area contributed by atoms with Crippen LogP contribution in [-0.2, 0) is 4.79 Å². The highest BCUT2D eigenvalue weighted by Gasteiger charge is 2.12. The second kappa shape index (κ2) is 8.76. The molecule has 0 aromatic heterocycles. The quantitative estimate of drug-likeness (QED) is 0.808. The molecule has 22 heavy (non-hydrogen) atoms. The minimum absolute atomic E-state index is 0.0407. The first-order valence-electron chi connectivity index (χ1n) is 8.21. The highest BCUT2D eigenvalue weighted by Crippen LogP contribution is 2.21. The SMILES string of the molecule is CCN(CCO)CC(=O)Nc1ccc(N2CCCCC2)cc1. The summed E-state index contributed by atoms with van der Waals surface area (Å²) in [4.78, 5) is 16.3. The fourth-order valence-electron chi connectivity index (χ4n) is 2.80. The van der Waals surface area contributed by atoms with Gasteiger partial charge in [-0.1, -0.05) is 6.92 Å². The number of aliphatic hydroxyl groups is 1. The Bertz CT molecular complexity index is 455. The summed E-state index contributed by atoms with van der Waals surface area (Å²) in [5, 5.41) is 11.9. The first-order valence-corrected chi connectivity index (χ1v) is 8.21. The van der Waals surface area contributed by atoms with Gasteiger partial charge in [0.05, 0.1) is 13.2 Å². The number of carbonyl (C=O) groups is 1. The van der Waals surface area contributed by atoms with Crippen LogP contribution in [0, 0.1) is 0 Å². The van der Waals surface area contributed by atoms with Crippen LogP contribution in [0.25, 0.3) is 0 Å². The fourth-order valence-corrected chi connectivity index (χ4v) is 2.80. The van der Waals surface area contributed by atoms with E-state index < -0.39 is 0 Å². The van der Waals surface area contributed by atoms with E-state index in [1.54, 1.807) is 0 Å². The highest BCUT2D eigenvalue weighted by atomic mass is 16.3.